The van der Waals surface area contributed by atoms with Crippen LogP contribution in [-0.4, -0.2) is 25.3 Å². The van der Waals surface area contributed by atoms with E-state index in [1.54, 1.807) is 18.4 Å². The molecule has 1 aromatic carbocycles. The molecule has 1 amide bonds. The van der Waals surface area contributed by atoms with E-state index in [2.05, 4.69) is 22.8 Å². The fraction of sp³-hybridized carbons (Fsp3) is 0.312. The van der Waals surface area contributed by atoms with Crippen molar-refractivity contribution in [3.8, 4) is 5.75 Å². The zero-order valence-electron chi connectivity index (χ0n) is 12.0. The van der Waals surface area contributed by atoms with Crippen LogP contribution in [0.2, 0.25) is 0 Å². The Morgan fingerprint density at radius 3 is 3.00 bits per heavy atom. The van der Waals surface area contributed by atoms with Crippen LogP contribution in [0, 0.1) is 0 Å². The molecule has 0 radical (unpaired) electrons. The van der Waals surface area contributed by atoms with Crippen molar-refractivity contribution >= 4 is 29.0 Å². The Labute approximate surface area is 133 Å². The lowest BCUT2D eigenvalue weighted by Crippen LogP contribution is -2.27. The molecule has 1 N–H and O–H groups in total. The SMILES string of the molecule is COc1cccc(CC(=O)NCCSCc2cccs2)c1. The van der Waals surface area contributed by atoms with Gasteiger partial charge in [-0.1, -0.05) is 18.2 Å². The second-order valence-corrected chi connectivity index (χ2v) is 6.65. The van der Waals surface area contributed by atoms with Crippen LogP contribution in [0.5, 0.6) is 5.75 Å². The molecule has 0 aliphatic heterocycles. The summed E-state index contributed by atoms with van der Waals surface area (Å²) in [6.07, 6.45) is 0.396. The Hall–Kier alpha value is -1.46. The van der Waals surface area contributed by atoms with E-state index in [0.29, 0.717) is 13.0 Å². The van der Waals surface area contributed by atoms with Gasteiger partial charge in [-0.25, -0.2) is 0 Å². The fourth-order valence-electron chi connectivity index (χ4n) is 1.86. The summed E-state index contributed by atoms with van der Waals surface area (Å²) >= 11 is 3.61. The van der Waals surface area contributed by atoms with Crippen LogP contribution in [0.15, 0.2) is 41.8 Å². The highest BCUT2D eigenvalue weighted by Gasteiger charge is 2.04. The summed E-state index contributed by atoms with van der Waals surface area (Å²) in [6.45, 7) is 0.707. The minimum atomic E-state index is 0.0555. The summed E-state index contributed by atoms with van der Waals surface area (Å²) in [7, 11) is 1.63. The Morgan fingerprint density at radius 1 is 1.33 bits per heavy atom. The highest BCUT2D eigenvalue weighted by Crippen LogP contribution is 2.16. The normalized spacial score (nSPS) is 10.3. The second kappa shape index (κ2) is 8.74. The molecule has 0 bridgehead atoms. The van der Waals surface area contributed by atoms with Gasteiger partial charge in [0.1, 0.15) is 5.75 Å². The van der Waals surface area contributed by atoms with Gasteiger partial charge in [-0.2, -0.15) is 11.8 Å². The van der Waals surface area contributed by atoms with Crippen molar-refractivity contribution in [3.63, 3.8) is 0 Å². The van der Waals surface area contributed by atoms with Gasteiger partial charge in [0.05, 0.1) is 13.5 Å². The van der Waals surface area contributed by atoms with Gasteiger partial charge in [0.15, 0.2) is 0 Å². The van der Waals surface area contributed by atoms with E-state index in [4.69, 9.17) is 4.74 Å². The van der Waals surface area contributed by atoms with Gasteiger partial charge in [-0.15, -0.1) is 11.3 Å². The molecule has 0 unspecified atom stereocenters. The van der Waals surface area contributed by atoms with E-state index < -0.39 is 0 Å². The summed E-state index contributed by atoms with van der Waals surface area (Å²) < 4.78 is 5.15. The number of thiophene rings is 1. The topological polar surface area (TPSA) is 38.3 Å². The smallest absolute Gasteiger partial charge is 0.224 e. The van der Waals surface area contributed by atoms with Gasteiger partial charge in [-0.05, 0) is 29.1 Å². The average molecular weight is 321 g/mol. The van der Waals surface area contributed by atoms with E-state index in [1.807, 2.05) is 36.0 Å². The first-order chi connectivity index (χ1) is 10.3. The van der Waals surface area contributed by atoms with Crippen molar-refractivity contribution in [2.24, 2.45) is 0 Å². The van der Waals surface area contributed by atoms with Crippen molar-refractivity contribution in [2.75, 3.05) is 19.4 Å². The molecular weight excluding hydrogens is 302 g/mol. The molecule has 0 aliphatic carbocycles. The number of methoxy groups -OCH3 is 1. The predicted octanol–water partition coefficient (Wildman–Crippen LogP) is 3.35. The monoisotopic (exact) mass is 321 g/mol. The van der Waals surface area contributed by atoms with Crippen LogP contribution in [0.3, 0.4) is 0 Å². The molecule has 1 heterocycles. The molecule has 1 aromatic heterocycles. The molecule has 2 aromatic rings. The zero-order valence-corrected chi connectivity index (χ0v) is 13.6. The summed E-state index contributed by atoms with van der Waals surface area (Å²) in [5.41, 5.74) is 0.970. The van der Waals surface area contributed by atoms with Crippen molar-refractivity contribution in [3.05, 3.63) is 52.2 Å². The highest BCUT2D eigenvalue weighted by molar-refractivity contribution is 7.98. The van der Waals surface area contributed by atoms with E-state index in [9.17, 15) is 4.79 Å². The quantitative estimate of drug-likeness (QED) is 0.758. The van der Waals surface area contributed by atoms with Crippen molar-refractivity contribution in [2.45, 2.75) is 12.2 Å². The molecule has 3 nitrogen and oxygen atoms in total. The van der Waals surface area contributed by atoms with Crippen LogP contribution >= 0.6 is 23.1 Å². The molecule has 112 valence electrons. The maximum Gasteiger partial charge on any atom is 0.224 e. The van der Waals surface area contributed by atoms with E-state index in [-0.39, 0.29) is 5.91 Å². The maximum absolute atomic E-state index is 11.8. The van der Waals surface area contributed by atoms with E-state index in [1.165, 1.54) is 4.88 Å². The lowest BCUT2D eigenvalue weighted by Gasteiger charge is -2.06. The average Bonchev–Trinajstić information content (AvgIpc) is 3.00. The number of nitrogens with one attached hydrogen (secondary N) is 1. The number of benzene rings is 1. The minimum Gasteiger partial charge on any atom is -0.497 e. The van der Waals surface area contributed by atoms with Crippen molar-refractivity contribution in [1.29, 1.82) is 0 Å². The van der Waals surface area contributed by atoms with Crippen molar-refractivity contribution < 1.29 is 9.53 Å². The molecule has 0 saturated heterocycles. The lowest BCUT2D eigenvalue weighted by molar-refractivity contribution is -0.120. The number of hydrogen-bond acceptors (Lipinski definition) is 4. The first-order valence-electron chi connectivity index (χ1n) is 6.77. The van der Waals surface area contributed by atoms with E-state index >= 15 is 0 Å². The Morgan fingerprint density at radius 2 is 2.24 bits per heavy atom. The van der Waals surface area contributed by atoms with Gasteiger partial charge in [0.2, 0.25) is 5.91 Å². The molecule has 0 aliphatic rings. The van der Waals surface area contributed by atoms with Crippen LogP contribution in [0.25, 0.3) is 0 Å². The van der Waals surface area contributed by atoms with Crippen LogP contribution in [0.1, 0.15) is 10.4 Å². The largest absolute Gasteiger partial charge is 0.497 e. The third-order valence-corrected chi connectivity index (χ3v) is 4.96. The van der Waals surface area contributed by atoms with Crippen LogP contribution in [-0.2, 0) is 17.0 Å². The van der Waals surface area contributed by atoms with Gasteiger partial charge in [0.25, 0.3) is 0 Å². The fourth-order valence-corrected chi connectivity index (χ4v) is 3.56. The number of hydrogen-bond donors (Lipinski definition) is 1. The molecule has 2 rings (SSSR count). The molecule has 0 saturated carbocycles. The third kappa shape index (κ3) is 5.81. The number of thioether (sulfide) groups is 1. The Bertz CT molecular complexity index is 555. The minimum absolute atomic E-state index is 0.0555. The van der Waals surface area contributed by atoms with Gasteiger partial charge < -0.3 is 10.1 Å². The summed E-state index contributed by atoms with van der Waals surface area (Å²) in [4.78, 5) is 13.2. The maximum atomic E-state index is 11.8. The van der Waals surface area contributed by atoms with Crippen LogP contribution < -0.4 is 10.1 Å². The standard InChI is InChI=1S/C16H19NO2S2/c1-19-14-5-2-4-13(10-14)11-16(18)17-7-9-20-12-15-6-3-8-21-15/h2-6,8,10H,7,9,11-12H2,1H3,(H,17,18). The predicted molar refractivity (Wildman–Crippen MR) is 90.2 cm³/mol. The second-order valence-electron chi connectivity index (χ2n) is 4.51. The van der Waals surface area contributed by atoms with Gasteiger partial charge in [0, 0.05) is 22.9 Å². The van der Waals surface area contributed by atoms with Gasteiger partial charge in [-0.3, -0.25) is 4.79 Å². The number of ether oxygens (including phenoxy) is 1. The summed E-state index contributed by atoms with van der Waals surface area (Å²) in [5.74, 6) is 2.79. The molecule has 0 fully saturated rings. The molecule has 0 atom stereocenters. The lowest BCUT2D eigenvalue weighted by atomic mass is 10.1. The van der Waals surface area contributed by atoms with Crippen molar-refractivity contribution in [1.82, 2.24) is 5.32 Å². The summed E-state index contributed by atoms with van der Waals surface area (Å²) in [5, 5.41) is 5.04. The van der Waals surface area contributed by atoms with Crippen LogP contribution in [0.4, 0.5) is 0 Å². The van der Waals surface area contributed by atoms with E-state index in [0.717, 1.165) is 22.8 Å². The Balaban J connectivity index is 1.63. The summed E-state index contributed by atoms with van der Waals surface area (Å²) in [6, 6.07) is 11.8. The van der Waals surface area contributed by atoms with Gasteiger partial charge >= 0.3 is 0 Å². The molecule has 0 spiro atoms. The molecule has 5 heteroatoms. The number of amides is 1. The third-order valence-electron chi connectivity index (χ3n) is 2.89. The first-order valence-corrected chi connectivity index (χ1v) is 8.81. The molecule has 21 heavy (non-hydrogen) atoms. The Kier molecular flexibility index (Phi) is 6.63. The first kappa shape index (κ1) is 15.9. The number of carbonyl (C=O) groups is 1. The highest BCUT2D eigenvalue weighted by atomic mass is 32.2. The number of carbonyl (C=O) groups excluding carboxylic acids is 1. The zero-order chi connectivity index (χ0) is 14.9. The molecular formula is C16H19NO2S2. The number of rotatable bonds is 8.